The Balaban J connectivity index is 1.32. The molecule has 124 valence electrons. The van der Waals surface area contributed by atoms with Crippen LogP contribution in [0.2, 0.25) is 0 Å². The van der Waals surface area contributed by atoms with Crippen molar-refractivity contribution >= 4 is 5.91 Å². The largest absolute Gasteiger partial charge is 0.454 e. The summed E-state index contributed by atoms with van der Waals surface area (Å²) in [6.07, 6.45) is 1.80. The summed E-state index contributed by atoms with van der Waals surface area (Å²) in [4.78, 5) is 13.9. The highest BCUT2D eigenvalue weighted by Gasteiger charge is 2.42. The van der Waals surface area contributed by atoms with Crippen molar-refractivity contribution in [3.63, 3.8) is 0 Å². The number of fused-ring (bicyclic) bond motifs is 2. The predicted molar refractivity (Wildman–Crippen MR) is 83.3 cm³/mol. The van der Waals surface area contributed by atoms with Crippen LogP contribution in [0, 0.1) is 5.92 Å². The number of carbonyl (C=O) groups excluding carboxylic acids is 1. The van der Waals surface area contributed by atoms with E-state index in [4.69, 9.17) is 14.2 Å². The van der Waals surface area contributed by atoms with Crippen LogP contribution in [0.5, 0.6) is 11.5 Å². The van der Waals surface area contributed by atoms with Crippen LogP contribution in [0.3, 0.4) is 0 Å². The molecule has 1 N–H and O–H groups in total. The van der Waals surface area contributed by atoms with Crippen LogP contribution >= 0.6 is 0 Å². The third-order valence-electron chi connectivity index (χ3n) is 4.92. The molecule has 1 amide bonds. The fourth-order valence-corrected chi connectivity index (χ4v) is 3.82. The molecule has 2 fully saturated rings. The normalized spacial score (nSPS) is 28.8. The minimum atomic E-state index is 0.0622. The van der Waals surface area contributed by atoms with Gasteiger partial charge in [0.25, 0.3) is 0 Å². The summed E-state index contributed by atoms with van der Waals surface area (Å²) in [5.74, 6) is 2.27. The number of rotatable bonds is 4. The molecule has 0 saturated carbocycles. The van der Waals surface area contributed by atoms with Gasteiger partial charge in [0.1, 0.15) is 0 Å². The molecule has 0 bridgehead atoms. The number of carbonyl (C=O) groups is 1. The van der Waals surface area contributed by atoms with E-state index in [0.29, 0.717) is 19.1 Å². The van der Waals surface area contributed by atoms with Crippen molar-refractivity contribution in [1.29, 1.82) is 0 Å². The average Bonchev–Trinajstić information content (AvgIpc) is 3.21. The first-order chi connectivity index (χ1) is 11.2. The molecule has 4 rings (SSSR count). The van der Waals surface area contributed by atoms with Gasteiger partial charge in [-0.15, -0.1) is 0 Å². The lowest BCUT2D eigenvalue weighted by molar-refractivity contribution is -0.123. The zero-order chi connectivity index (χ0) is 15.8. The number of nitrogens with zero attached hydrogens (tertiary/aromatic N) is 1. The van der Waals surface area contributed by atoms with E-state index in [1.807, 2.05) is 6.07 Å². The summed E-state index contributed by atoms with van der Waals surface area (Å²) in [6.45, 7) is 3.17. The van der Waals surface area contributed by atoms with Gasteiger partial charge in [-0.3, -0.25) is 9.69 Å². The summed E-state index contributed by atoms with van der Waals surface area (Å²) in [6, 6.07) is 6.13. The molecular weight excluding hydrogens is 296 g/mol. The van der Waals surface area contributed by atoms with Gasteiger partial charge in [-0.1, -0.05) is 6.07 Å². The molecule has 0 spiro atoms. The Morgan fingerprint density at radius 3 is 3.00 bits per heavy atom. The molecule has 0 radical (unpaired) electrons. The SMILES string of the molecule is CNC(=O)C[C@@H]1C[C@@H]2CN(Cc3ccc4c(c3)OCO4)C[C@@H]2O1. The van der Waals surface area contributed by atoms with Crippen molar-refractivity contribution in [2.75, 3.05) is 26.9 Å². The monoisotopic (exact) mass is 318 g/mol. The van der Waals surface area contributed by atoms with Crippen molar-refractivity contribution < 1.29 is 19.0 Å². The van der Waals surface area contributed by atoms with Gasteiger partial charge in [-0.2, -0.15) is 0 Å². The van der Waals surface area contributed by atoms with E-state index in [0.717, 1.165) is 37.6 Å². The van der Waals surface area contributed by atoms with Crippen LogP contribution < -0.4 is 14.8 Å². The molecule has 0 unspecified atom stereocenters. The summed E-state index contributed by atoms with van der Waals surface area (Å²) >= 11 is 0. The Morgan fingerprint density at radius 1 is 1.30 bits per heavy atom. The van der Waals surface area contributed by atoms with Gasteiger partial charge < -0.3 is 19.5 Å². The maximum atomic E-state index is 11.5. The van der Waals surface area contributed by atoms with E-state index in [1.54, 1.807) is 7.05 Å². The predicted octanol–water partition coefficient (Wildman–Crippen LogP) is 1.14. The lowest BCUT2D eigenvalue weighted by atomic mass is 10.0. The minimum Gasteiger partial charge on any atom is -0.454 e. The van der Waals surface area contributed by atoms with Crippen molar-refractivity contribution in [3.05, 3.63) is 23.8 Å². The molecule has 0 aromatic heterocycles. The third kappa shape index (κ3) is 3.01. The molecule has 6 nitrogen and oxygen atoms in total. The third-order valence-corrected chi connectivity index (χ3v) is 4.92. The van der Waals surface area contributed by atoms with Crippen molar-refractivity contribution in [1.82, 2.24) is 10.2 Å². The molecule has 6 heteroatoms. The highest BCUT2D eigenvalue weighted by molar-refractivity contribution is 5.76. The average molecular weight is 318 g/mol. The van der Waals surface area contributed by atoms with Crippen molar-refractivity contribution in [2.45, 2.75) is 31.6 Å². The first-order valence-electron chi connectivity index (χ1n) is 8.18. The number of ether oxygens (including phenoxy) is 3. The molecule has 3 atom stereocenters. The quantitative estimate of drug-likeness (QED) is 0.902. The van der Waals surface area contributed by atoms with Crippen LogP contribution in [-0.4, -0.2) is 49.9 Å². The van der Waals surface area contributed by atoms with Crippen molar-refractivity contribution in [3.8, 4) is 11.5 Å². The van der Waals surface area contributed by atoms with Crippen LogP contribution in [-0.2, 0) is 16.1 Å². The number of benzene rings is 1. The molecule has 3 aliphatic heterocycles. The molecular formula is C17H22N2O4. The second-order valence-corrected chi connectivity index (χ2v) is 6.55. The van der Waals surface area contributed by atoms with Gasteiger partial charge in [0.2, 0.25) is 12.7 Å². The first kappa shape index (κ1) is 14.8. The maximum Gasteiger partial charge on any atom is 0.231 e. The summed E-state index contributed by atoms with van der Waals surface area (Å²) in [5, 5.41) is 2.67. The maximum absolute atomic E-state index is 11.5. The lowest BCUT2D eigenvalue weighted by Crippen LogP contribution is -2.28. The second-order valence-electron chi connectivity index (χ2n) is 6.55. The van der Waals surface area contributed by atoms with E-state index in [2.05, 4.69) is 22.3 Å². The first-order valence-corrected chi connectivity index (χ1v) is 8.18. The Kier molecular flexibility index (Phi) is 3.87. The molecule has 1 aromatic carbocycles. The number of hydrogen-bond donors (Lipinski definition) is 1. The van der Waals surface area contributed by atoms with Crippen LogP contribution in [0.15, 0.2) is 18.2 Å². The molecule has 3 aliphatic rings. The van der Waals surface area contributed by atoms with Crippen LogP contribution in [0.1, 0.15) is 18.4 Å². The summed E-state index contributed by atoms with van der Waals surface area (Å²) in [7, 11) is 1.67. The van der Waals surface area contributed by atoms with Gasteiger partial charge >= 0.3 is 0 Å². The van der Waals surface area contributed by atoms with Gasteiger partial charge in [0.15, 0.2) is 11.5 Å². The topological polar surface area (TPSA) is 60.0 Å². The standard InChI is InChI=1S/C17H22N2O4/c1-18-17(20)6-13-5-12-8-19(9-16(12)23-13)7-11-2-3-14-15(4-11)22-10-21-14/h2-4,12-13,16H,5-10H2,1H3,(H,18,20)/t12-,13+,16+/m1/s1. The molecule has 1 aromatic rings. The fraction of sp³-hybridized carbons (Fsp3) is 0.588. The molecule has 0 aliphatic carbocycles. The Morgan fingerprint density at radius 2 is 2.17 bits per heavy atom. The molecule has 23 heavy (non-hydrogen) atoms. The Bertz CT molecular complexity index is 592. The number of amides is 1. The van der Waals surface area contributed by atoms with Gasteiger partial charge in [0, 0.05) is 32.6 Å². The second kappa shape index (κ2) is 6.02. The zero-order valence-electron chi connectivity index (χ0n) is 13.3. The highest BCUT2D eigenvalue weighted by Crippen LogP contribution is 2.36. The Labute approximate surface area is 135 Å². The van der Waals surface area contributed by atoms with E-state index < -0.39 is 0 Å². The van der Waals surface area contributed by atoms with E-state index in [9.17, 15) is 4.79 Å². The van der Waals surface area contributed by atoms with Crippen LogP contribution in [0.4, 0.5) is 0 Å². The zero-order valence-corrected chi connectivity index (χ0v) is 13.3. The van der Waals surface area contributed by atoms with Gasteiger partial charge in [-0.05, 0) is 24.1 Å². The van der Waals surface area contributed by atoms with E-state index >= 15 is 0 Å². The van der Waals surface area contributed by atoms with Gasteiger partial charge in [-0.25, -0.2) is 0 Å². The summed E-state index contributed by atoms with van der Waals surface area (Å²) in [5.41, 5.74) is 1.23. The lowest BCUT2D eigenvalue weighted by Gasteiger charge is -2.19. The summed E-state index contributed by atoms with van der Waals surface area (Å²) < 4.78 is 16.8. The smallest absolute Gasteiger partial charge is 0.231 e. The molecule has 3 heterocycles. The van der Waals surface area contributed by atoms with E-state index in [1.165, 1.54) is 5.56 Å². The van der Waals surface area contributed by atoms with Crippen LogP contribution in [0.25, 0.3) is 0 Å². The highest BCUT2D eigenvalue weighted by atomic mass is 16.7. The van der Waals surface area contributed by atoms with Gasteiger partial charge in [0.05, 0.1) is 18.6 Å². The Hall–Kier alpha value is -1.79. The fourth-order valence-electron chi connectivity index (χ4n) is 3.82. The number of nitrogens with one attached hydrogen (secondary N) is 1. The number of hydrogen-bond acceptors (Lipinski definition) is 5. The molecule has 2 saturated heterocycles. The minimum absolute atomic E-state index is 0.0622. The van der Waals surface area contributed by atoms with Crippen molar-refractivity contribution in [2.24, 2.45) is 5.92 Å². The van der Waals surface area contributed by atoms with E-state index in [-0.39, 0.29) is 18.1 Å². The number of likely N-dealkylation sites (tertiary alicyclic amines) is 1.